The highest BCUT2D eigenvalue weighted by molar-refractivity contribution is 5.82. The smallest absolute Gasteiger partial charge is 0.167 e. The van der Waals surface area contributed by atoms with E-state index in [1.54, 1.807) is 0 Å². The lowest BCUT2D eigenvalue weighted by Crippen LogP contribution is -2.40. The van der Waals surface area contributed by atoms with Gasteiger partial charge in [-0.2, -0.15) is 0 Å². The van der Waals surface area contributed by atoms with Crippen molar-refractivity contribution >= 4 is 17.0 Å². The minimum atomic E-state index is -1.28. The Kier molecular flexibility index (Phi) is 5.10. The number of imidazole rings is 1. The largest absolute Gasteiger partial charge is 0.394 e. The zero-order valence-corrected chi connectivity index (χ0v) is 14.4. The third-order valence-electron chi connectivity index (χ3n) is 4.43. The first-order valence-corrected chi connectivity index (χ1v) is 8.18. The number of hydrogen-bond donors (Lipinski definition) is 6. The number of anilines is 1. The van der Waals surface area contributed by atoms with E-state index in [0.717, 1.165) is 0 Å². The number of rotatable bonds is 6. The van der Waals surface area contributed by atoms with Crippen molar-refractivity contribution in [3.63, 3.8) is 0 Å². The summed E-state index contributed by atoms with van der Waals surface area (Å²) in [4.78, 5) is 12.4. The Hall–Kier alpha value is -1.89. The molecule has 2 aromatic heterocycles. The third-order valence-corrected chi connectivity index (χ3v) is 4.43. The maximum absolute atomic E-state index is 10.2. The van der Waals surface area contributed by atoms with Crippen LogP contribution in [0.25, 0.3) is 11.2 Å². The highest BCUT2D eigenvalue weighted by atomic mass is 16.6. The Morgan fingerprint density at radius 3 is 2.62 bits per heavy atom. The molecule has 11 heteroatoms. The summed E-state index contributed by atoms with van der Waals surface area (Å²) in [6.07, 6.45) is -2.73. The van der Waals surface area contributed by atoms with Gasteiger partial charge in [0.25, 0.3) is 0 Å². The van der Waals surface area contributed by atoms with Gasteiger partial charge in [0.15, 0.2) is 23.2 Å². The number of aliphatic hydroxyl groups excluding tert-OH is 4. The van der Waals surface area contributed by atoms with Crippen LogP contribution in [0, 0.1) is 0 Å². The van der Waals surface area contributed by atoms with Gasteiger partial charge < -0.3 is 35.6 Å². The molecule has 6 N–H and O–H groups in total. The van der Waals surface area contributed by atoms with E-state index in [2.05, 4.69) is 20.3 Å². The number of hydrogen-bond acceptors (Lipinski definition) is 10. The van der Waals surface area contributed by atoms with E-state index >= 15 is 0 Å². The molecule has 1 aliphatic rings. The van der Waals surface area contributed by atoms with Gasteiger partial charge in [0.05, 0.1) is 24.6 Å². The van der Waals surface area contributed by atoms with Crippen molar-refractivity contribution in [1.82, 2.24) is 19.5 Å². The van der Waals surface area contributed by atoms with Crippen LogP contribution in [0.2, 0.25) is 0 Å². The number of nitrogens with zero attached hydrogens (tertiary/aromatic N) is 4. The van der Waals surface area contributed by atoms with E-state index in [1.165, 1.54) is 31.1 Å². The van der Waals surface area contributed by atoms with Gasteiger partial charge in [0.2, 0.25) is 0 Å². The van der Waals surface area contributed by atoms with Crippen molar-refractivity contribution < 1.29 is 30.3 Å². The molecule has 3 heterocycles. The minimum absolute atomic E-state index is 0.0380. The summed E-state index contributed by atoms with van der Waals surface area (Å²) in [5.74, 6) is 0.337. The highest BCUT2D eigenvalue weighted by Crippen LogP contribution is 2.32. The second-order valence-corrected chi connectivity index (χ2v) is 6.83. The number of aromatic nitrogens is 4. The number of ether oxygens (including phenoxy) is 1. The second kappa shape index (κ2) is 7.02. The van der Waals surface area contributed by atoms with Crippen molar-refractivity contribution in [3.8, 4) is 0 Å². The maximum Gasteiger partial charge on any atom is 0.167 e. The van der Waals surface area contributed by atoms with Gasteiger partial charge in [0, 0.05) is 6.54 Å². The van der Waals surface area contributed by atoms with Crippen LogP contribution in [0.5, 0.6) is 0 Å². The summed E-state index contributed by atoms with van der Waals surface area (Å²) < 4.78 is 6.93. The lowest BCUT2D eigenvalue weighted by atomic mass is 10.0. The van der Waals surface area contributed by atoms with Gasteiger partial charge in [-0.25, -0.2) is 15.0 Å². The van der Waals surface area contributed by atoms with Crippen LogP contribution in [-0.2, 0) is 4.74 Å². The Balaban J connectivity index is 1.85. The summed E-state index contributed by atoms with van der Waals surface area (Å²) in [7, 11) is 0. The average molecular weight is 369 g/mol. The lowest BCUT2D eigenvalue weighted by Gasteiger charge is -2.24. The molecule has 26 heavy (non-hydrogen) atoms. The Morgan fingerprint density at radius 1 is 1.27 bits per heavy atom. The maximum atomic E-state index is 10.2. The van der Waals surface area contributed by atoms with Gasteiger partial charge in [0.1, 0.15) is 24.6 Å². The zero-order chi connectivity index (χ0) is 19.1. The first-order chi connectivity index (χ1) is 12.2. The summed E-state index contributed by atoms with van der Waals surface area (Å²) in [5, 5.41) is 51.9. The molecule has 0 aromatic carbocycles. The van der Waals surface area contributed by atoms with Crippen molar-refractivity contribution in [2.24, 2.45) is 0 Å². The molecule has 3 rings (SSSR count). The number of nitrogens with one attached hydrogen (secondary N) is 1. The van der Waals surface area contributed by atoms with Crippen molar-refractivity contribution in [2.45, 2.75) is 50.1 Å². The lowest BCUT2D eigenvalue weighted by molar-refractivity contribution is -0.0511. The molecule has 0 aliphatic carbocycles. The normalized spacial score (nSPS) is 27.8. The topological polar surface area (TPSA) is 166 Å². The van der Waals surface area contributed by atoms with Crippen LogP contribution in [0.15, 0.2) is 12.7 Å². The SMILES string of the molecule is CC(C)(O)C(O)CNc1ncnc2c1ncn2[C@@H]1O[C@H](CO)[C@@H](O)[C@H]1O. The van der Waals surface area contributed by atoms with Crippen LogP contribution in [0.3, 0.4) is 0 Å². The van der Waals surface area contributed by atoms with Crippen LogP contribution in [0.4, 0.5) is 5.82 Å². The van der Waals surface area contributed by atoms with Gasteiger partial charge in [-0.05, 0) is 13.8 Å². The number of fused-ring (bicyclic) bond motifs is 1. The van der Waals surface area contributed by atoms with Crippen LogP contribution >= 0.6 is 0 Å². The molecule has 144 valence electrons. The van der Waals surface area contributed by atoms with Crippen LogP contribution < -0.4 is 5.32 Å². The fraction of sp³-hybridized carbons (Fsp3) is 0.667. The summed E-state index contributed by atoms with van der Waals surface area (Å²) >= 11 is 0. The third kappa shape index (κ3) is 3.37. The standard InChI is InChI=1S/C15H23N5O6/c1-15(2,25)8(22)3-16-12-9-13(18-5-17-12)20(6-19-9)14-11(24)10(23)7(4-21)26-14/h5-8,10-11,14,21-25H,3-4H2,1-2H3,(H,16,17,18)/t7-,8?,10-,11-,14-/m1/s1. The molecule has 0 bridgehead atoms. The molecule has 0 spiro atoms. The van der Waals surface area contributed by atoms with Gasteiger partial charge in [-0.3, -0.25) is 4.57 Å². The zero-order valence-electron chi connectivity index (χ0n) is 14.4. The first kappa shape index (κ1) is 18.9. The van der Waals surface area contributed by atoms with Crippen molar-refractivity contribution in [3.05, 3.63) is 12.7 Å². The van der Waals surface area contributed by atoms with Crippen LogP contribution in [0.1, 0.15) is 20.1 Å². The molecule has 0 amide bonds. The first-order valence-electron chi connectivity index (χ1n) is 8.18. The molecule has 5 atom stereocenters. The van der Waals surface area contributed by atoms with Crippen LogP contribution in [-0.4, -0.2) is 88.2 Å². The summed E-state index contributed by atoms with van der Waals surface area (Å²) in [5.41, 5.74) is -0.571. The second-order valence-electron chi connectivity index (χ2n) is 6.83. The van der Waals surface area contributed by atoms with Crippen molar-refractivity contribution in [1.29, 1.82) is 0 Å². The summed E-state index contributed by atoms with van der Waals surface area (Å²) in [6.45, 7) is 2.59. The van der Waals surface area contributed by atoms with E-state index in [1.807, 2.05) is 0 Å². The van der Waals surface area contributed by atoms with Crippen molar-refractivity contribution in [2.75, 3.05) is 18.5 Å². The monoisotopic (exact) mass is 369 g/mol. The van der Waals surface area contributed by atoms with Gasteiger partial charge in [-0.15, -0.1) is 0 Å². The van der Waals surface area contributed by atoms with E-state index in [0.29, 0.717) is 17.0 Å². The molecular formula is C15H23N5O6. The number of aliphatic hydroxyl groups is 5. The molecular weight excluding hydrogens is 346 g/mol. The molecule has 1 unspecified atom stereocenters. The fourth-order valence-electron chi connectivity index (χ4n) is 2.72. The quantitative estimate of drug-likeness (QED) is 0.335. The Bertz CT molecular complexity index is 763. The Labute approximate surface area is 148 Å². The average Bonchev–Trinajstić information content (AvgIpc) is 3.14. The van der Waals surface area contributed by atoms with E-state index < -0.39 is 42.9 Å². The predicted octanol–water partition coefficient (Wildman–Crippen LogP) is -2.02. The molecule has 1 aliphatic heterocycles. The van der Waals surface area contributed by atoms with E-state index in [4.69, 9.17) is 4.74 Å². The minimum Gasteiger partial charge on any atom is -0.394 e. The molecule has 2 aromatic rings. The molecule has 0 saturated carbocycles. The molecule has 11 nitrogen and oxygen atoms in total. The molecule has 0 radical (unpaired) electrons. The molecule has 1 saturated heterocycles. The van der Waals surface area contributed by atoms with Gasteiger partial charge >= 0.3 is 0 Å². The molecule has 1 fully saturated rings. The summed E-state index contributed by atoms with van der Waals surface area (Å²) in [6, 6.07) is 0. The van der Waals surface area contributed by atoms with Gasteiger partial charge in [-0.1, -0.05) is 0 Å². The van der Waals surface area contributed by atoms with E-state index in [-0.39, 0.29) is 6.54 Å². The predicted molar refractivity (Wildman–Crippen MR) is 89.1 cm³/mol. The fourth-order valence-corrected chi connectivity index (χ4v) is 2.72. The highest BCUT2D eigenvalue weighted by Gasteiger charge is 2.44. The van der Waals surface area contributed by atoms with E-state index in [9.17, 15) is 25.5 Å². The Morgan fingerprint density at radius 2 is 2.00 bits per heavy atom.